The molecule has 0 radical (unpaired) electrons. The molecule has 4 nitrogen and oxygen atoms in total. The van der Waals surface area contributed by atoms with E-state index in [4.69, 9.17) is 4.74 Å². The van der Waals surface area contributed by atoms with Gasteiger partial charge in [-0.15, -0.1) is 5.54 Å². The summed E-state index contributed by atoms with van der Waals surface area (Å²) in [6.45, 7) is 16.5. The molecule has 2 rings (SSSR count). The van der Waals surface area contributed by atoms with Crippen molar-refractivity contribution in [3.63, 3.8) is 0 Å². The minimum Gasteiger partial charge on any atom is -0.432 e. The number of unbranched alkanes of at least 4 members (excludes halogenated alkanes) is 1. The number of hydrogen-bond acceptors (Lipinski definition) is 4. The number of amides is 1. The topological polar surface area (TPSA) is 55.4 Å². The van der Waals surface area contributed by atoms with Crippen molar-refractivity contribution in [1.82, 2.24) is 5.32 Å². The summed E-state index contributed by atoms with van der Waals surface area (Å²) in [5.74, 6) is 2.75. The van der Waals surface area contributed by atoms with Crippen LogP contribution in [-0.4, -0.2) is 30.1 Å². The number of fused-ring (bicyclic) bond motifs is 1. The molecule has 2 aromatic carbocycles. The second-order valence-electron chi connectivity index (χ2n) is 11.1. The van der Waals surface area contributed by atoms with E-state index in [2.05, 4.69) is 61.5 Å². The highest BCUT2D eigenvalue weighted by Gasteiger charge is 2.33. The molecule has 6 heteroatoms. The summed E-state index contributed by atoms with van der Waals surface area (Å²) in [6.07, 6.45) is 1.17. The van der Waals surface area contributed by atoms with Crippen LogP contribution in [0.2, 0.25) is 19.6 Å². The average molecular weight is 512 g/mol. The zero-order valence-corrected chi connectivity index (χ0v) is 24.3. The Hall–Kier alpha value is -2.23. The Kier molecular flexibility index (Phi) is 10.5. The van der Waals surface area contributed by atoms with Gasteiger partial charge in [-0.1, -0.05) is 120 Å². The third-order valence-corrected chi connectivity index (χ3v) is 7.40. The maximum Gasteiger partial charge on any atom is 0.408 e. The highest BCUT2D eigenvalue weighted by Crippen LogP contribution is 2.31. The molecule has 0 aliphatic rings. The molecule has 0 heterocycles. The van der Waals surface area contributed by atoms with E-state index in [1.807, 2.05) is 52.0 Å². The number of alkyl carbamates (subject to hydrolysis) is 1. The molecule has 1 N–H and O–H groups in total. The maximum absolute atomic E-state index is 13.3. The number of benzene rings is 2. The van der Waals surface area contributed by atoms with Gasteiger partial charge < -0.3 is 10.1 Å². The summed E-state index contributed by atoms with van der Waals surface area (Å²) >= 11 is 1.31. The zero-order chi connectivity index (χ0) is 26.2. The van der Waals surface area contributed by atoms with Crippen molar-refractivity contribution < 1.29 is 14.3 Å². The van der Waals surface area contributed by atoms with E-state index >= 15 is 0 Å². The molecule has 190 valence electrons. The summed E-state index contributed by atoms with van der Waals surface area (Å²) in [5, 5.41) is 5.23. The molecule has 0 fully saturated rings. The number of ether oxygens (including phenoxy) is 1. The fraction of sp³-hybridized carbons (Fsp3) is 0.517. The lowest BCUT2D eigenvalue weighted by Gasteiger charge is -2.26. The number of nitrogens with one attached hydrogen (secondary N) is 1. The zero-order valence-electron chi connectivity index (χ0n) is 22.5. The number of thioether (sulfide) groups is 1. The summed E-state index contributed by atoms with van der Waals surface area (Å²) in [7, 11) is -1.74. The Balaban J connectivity index is 2.29. The predicted octanol–water partition coefficient (Wildman–Crippen LogP) is 7.74. The van der Waals surface area contributed by atoms with Gasteiger partial charge in [0.1, 0.15) is 8.07 Å². The van der Waals surface area contributed by atoms with E-state index in [0.29, 0.717) is 6.42 Å². The van der Waals surface area contributed by atoms with Crippen molar-refractivity contribution in [2.24, 2.45) is 5.92 Å². The lowest BCUT2D eigenvalue weighted by atomic mass is 9.97. The van der Waals surface area contributed by atoms with Crippen LogP contribution in [0.25, 0.3) is 10.8 Å². The van der Waals surface area contributed by atoms with Crippen molar-refractivity contribution in [2.45, 2.75) is 90.4 Å². The predicted molar refractivity (Wildman–Crippen MR) is 152 cm³/mol. The fourth-order valence-electron chi connectivity index (χ4n) is 3.73. The lowest BCUT2D eigenvalue weighted by molar-refractivity contribution is -0.116. The molecule has 0 aliphatic heterocycles. The normalized spacial score (nSPS) is 14.4. The Morgan fingerprint density at radius 2 is 1.74 bits per heavy atom. The smallest absolute Gasteiger partial charge is 0.408 e. The van der Waals surface area contributed by atoms with Crippen molar-refractivity contribution in [3.05, 3.63) is 48.0 Å². The first-order valence-corrected chi connectivity index (χ1v) is 16.8. The van der Waals surface area contributed by atoms with Crippen molar-refractivity contribution >= 4 is 41.8 Å². The van der Waals surface area contributed by atoms with Gasteiger partial charge in [0, 0.05) is 4.75 Å². The van der Waals surface area contributed by atoms with Gasteiger partial charge in [0.2, 0.25) is 0 Å². The largest absolute Gasteiger partial charge is 0.432 e. The molecule has 0 unspecified atom stereocenters. The van der Waals surface area contributed by atoms with Gasteiger partial charge in [-0.05, 0) is 29.7 Å². The molecule has 3 atom stereocenters. The molecule has 0 saturated heterocycles. The Labute approximate surface area is 217 Å². The second kappa shape index (κ2) is 12.6. The van der Waals surface area contributed by atoms with Crippen LogP contribution in [0, 0.1) is 17.4 Å². The van der Waals surface area contributed by atoms with Gasteiger partial charge in [0.15, 0.2) is 11.2 Å². The number of rotatable bonds is 8. The quantitative estimate of drug-likeness (QED) is 0.291. The van der Waals surface area contributed by atoms with E-state index in [1.54, 1.807) is 0 Å². The van der Waals surface area contributed by atoms with Gasteiger partial charge in [-0.3, -0.25) is 4.79 Å². The molecule has 0 spiro atoms. The van der Waals surface area contributed by atoms with Gasteiger partial charge in [-0.2, -0.15) is 0 Å². The summed E-state index contributed by atoms with van der Waals surface area (Å²) in [5.41, 5.74) is 4.35. The van der Waals surface area contributed by atoms with Crippen LogP contribution < -0.4 is 5.32 Å². The molecule has 2 aromatic rings. The SMILES string of the molecule is CCCC[C@@H](C(=O)SC(C)(C)C)[C@H](C#C[Si](C)(C)C)OC(=O)N[C@H](C)c1cccc2ccccc12. The maximum atomic E-state index is 13.3. The van der Waals surface area contributed by atoms with Crippen LogP contribution >= 0.6 is 11.8 Å². The Bertz CT molecular complexity index is 1070. The first-order chi connectivity index (χ1) is 16.3. The van der Waals surface area contributed by atoms with Crippen LogP contribution in [-0.2, 0) is 9.53 Å². The van der Waals surface area contributed by atoms with Crippen molar-refractivity contribution in [3.8, 4) is 11.5 Å². The van der Waals surface area contributed by atoms with E-state index in [-0.39, 0.29) is 15.9 Å². The first kappa shape index (κ1) is 29.0. The van der Waals surface area contributed by atoms with Gasteiger partial charge >= 0.3 is 6.09 Å². The first-order valence-electron chi connectivity index (χ1n) is 12.5. The molecule has 0 saturated carbocycles. The van der Waals surface area contributed by atoms with Gasteiger partial charge in [-0.25, -0.2) is 4.79 Å². The van der Waals surface area contributed by atoms with Gasteiger partial charge in [0.05, 0.1) is 12.0 Å². The van der Waals surface area contributed by atoms with Crippen LogP contribution in [0.4, 0.5) is 4.79 Å². The van der Waals surface area contributed by atoms with Crippen LogP contribution in [0.1, 0.15) is 65.5 Å². The van der Waals surface area contributed by atoms with Crippen LogP contribution in [0.15, 0.2) is 42.5 Å². The summed E-state index contributed by atoms with van der Waals surface area (Å²) in [4.78, 5) is 26.4. The number of carbonyl (C=O) groups is 2. The highest BCUT2D eigenvalue weighted by molar-refractivity contribution is 8.14. The molecule has 0 aliphatic carbocycles. The van der Waals surface area contributed by atoms with Gasteiger partial charge in [0.25, 0.3) is 0 Å². The second-order valence-corrected chi connectivity index (χ2v) is 17.6. The van der Waals surface area contributed by atoms with E-state index in [0.717, 1.165) is 29.2 Å². The third-order valence-electron chi connectivity index (χ3n) is 5.39. The van der Waals surface area contributed by atoms with E-state index in [1.165, 1.54) is 11.8 Å². The van der Waals surface area contributed by atoms with Crippen molar-refractivity contribution in [2.75, 3.05) is 0 Å². The molecular formula is C29H41NO3SSi. The highest BCUT2D eigenvalue weighted by atomic mass is 32.2. The van der Waals surface area contributed by atoms with Crippen LogP contribution in [0.5, 0.6) is 0 Å². The minimum atomic E-state index is -1.74. The molecule has 1 amide bonds. The Morgan fingerprint density at radius 3 is 2.37 bits per heavy atom. The molecule has 0 aromatic heterocycles. The Morgan fingerprint density at radius 1 is 1.09 bits per heavy atom. The third kappa shape index (κ3) is 9.74. The number of carbonyl (C=O) groups excluding carboxylic acids is 2. The standard InChI is InChI=1S/C29H41NO3SSi/c1-9-10-16-25(27(31)34-29(3,4)5)26(19-20-35(6,7)8)33-28(32)30-21(2)23-18-13-15-22-14-11-12-17-24(22)23/h11-15,17-18,21,25-26H,9-10,16H2,1-8H3,(H,30,32)/t21-,25-,26+/m1/s1. The minimum absolute atomic E-state index is 0.0377. The molecule has 0 bridgehead atoms. The molecular weight excluding hydrogens is 470 g/mol. The van der Waals surface area contributed by atoms with Crippen LogP contribution in [0.3, 0.4) is 0 Å². The van der Waals surface area contributed by atoms with E-state index in [9.17, 15) is 9.59 Å². The average Bonchev–Trinajstić information content (AvgIpc) is 2.75. The van der Waals surface area contributed by atoms with Crippen molar-refractivity contribution in [1.29, 1.82) is 0 Å². The lowest BCUT2D eigenvalue weighted by Crippen LogP contribution is -2.37. The van der Waals surface area contributed by atoms with E-state index < -0.39 is 26.2 Å². The monoisotopic (exact) mass is 511 g/mol. The summed E-state index contributed by atoms with van der Waals surface area (Å²) in [6, 6.07) is 13.9. The summed E-state index contributed by atoms with van der Waals surface area (Å²) < 4.78 is 5.69. The molecule has 35 heavy (non-hydrogen) atoms. The fourth-order valence-corrected chi connectivity index (χ4v) is 5.30. The number of hydrogen-bond donors (Lipinski definition) is 1.